The molecule has 0 heterocycles. The van der Waals surface area contributed by atoms with Crippen LogP contribution in [0.3, 0.4) is 0 Å². The molecule has 4 aromatic carbocycles. The topological polar surface area (TPSA) is 101 Å². The fraction of sp³-hybridized carbons (Fsp3) is 0.207. The number of primary amides is 1. The van der Waals surface area contributed by atoms with Gasteiger partial charge in [0.1, 0.15) is 6.04 Å². The van der Waals surface area contributed by atoms with Crippen molar-refractivity contribution < 1.29 is 14.4 Å². The molecule has 0 radical (unpaired) electrons. The van der Waals surface area contributed by atoms with Crippen molar-refractivity contribution in [3.8, 4) is 0 Å². The van der Waals surface area contributed by atoms with Gasteiger partial charge in [-0.05, 0) is 45.7 Å². The molecular weight excluding hydrogens is 438 g/mol. The molecule has 0 bridgehead atoms. The Morgan fingerprint density at radius 3 is 1.83 bits per heavy atom. The van der Waals surface area contributed by atoms with Gasteiger partial charge in [-0.15, -0.1) is 0 Å². The highest BCUT2D eigenvalue weighted by Crippen LogP contribution is 2.29. The van der Waals surface area contributed by atoms with Crippen LogP contribution in [-0.4, -0.2) is 23.8 Å². The van der Waals surface area contributed by atoms with Gasteiger partial charge >= 0.3 is 0 Å². The molecule has 0 fully saturated rings. The van der Waals surface area contributed by atoms with Crippen LogP contribution in [-0.2, 0) is 20.8 Å². The first-order valence-corrected chi connectivity index (χ1v) is 11.7. The average Bonchev–Trinajstić information content (AvgIpc) is 2.87. The van der Waals surface area contributed by atoms with Crippen molar-refractivity contribution in [1.82, 2.24) is 10.6 Å². The Balaban J connectivity index is 1.43. The summed E-state index contributed by atoms with van der Waals surface area (Å²) in [5, 5.41) is 9.78. The summed E-state index contributed by atoms with van der Waals surface area (Å²) < 4.78 is 0. The van der Waals surface area contributed by atoms with Gasteiger partial charge in [-0.2, -0.15) is 0 Å². The number of rotatable bonds is 9. The Kier molecular flexibility index (Phi) is 7.41. The Hall–Kier alpha value is -4.19. The molecule has 0 aromatic heterocycles. The van der Waals surface area contributed by atoms with Crippen molar-refractivity contribution in [2.45, 2.75) is 38.3 Å². The molecule has 2 atom stereocenters. The zero-order valence-electron chi connectivity index (χ0n) is 19.7. The molecule has 0 aliphatic carbocycles. The first-order valence-electron chi connectivity index (χ1n) is 11.7. The van der Waals surface area contributed by atoms with Gasteiger partial charge in [0.15, 0.2) is 0 Å². The minimum Gasteiger partial charge on any atom is -0.368 e. The van der Waals surface area contributed by atoms with E-state index in [1.165, 1.54) is 0 Å². The van der Waals surface area contributed by atoms with E-state index in [0.29, 0.717) is 0 Å². The second kappa shape index (κ2) is 10.8. The van der Waals surface area contributed by atoms with Gasteiger partial charge in [-0.25, -0.2) is 0 Å². The van der Waals surface area contributed by atoms with Crippen LogP contribution in [0.5, 0.6) is 0 Å². The minimum atomic E-state index is -0.886. The normalized spacial score (nSPS) is 12.7. The lowest BCUT2D eigenvalue weighted by molar-refractivity contribution is -0.129. The van der Waals surface area contributed by atoms with E-state index >= 15 is 0 Å². The lowest BCUT2D eigenvalue weighted by Gasteiger charge is -2.19. The van der Waals surface area contributed by atoms with Crippen molar-refractivity contribution in [2.75, 3.05) is 0 Å². The second-order valence-electron chi connectivity index (χ2n) is 8.72. The third-order valence-electron chi connectivity index (χ3n) is 6.23. The van der Waals surface area contributed by atoms with Crippen molar-refractivity contribution in [1.29, 1.82) is 0 Å². The van der Waals surface area contributed by atoms with Crippen LogP contribution in [0.25, 0.3) is 21.5 Å². The van der Waals surface area contributed by atoms with Gasteiger partial charge in [0.2, 0.25) is 17.7 Å². The first kappa shape index (κ1) is 24.0. The number of nitrogens with one attached hydrogen (secondary N) is 2. The summed E-state index contributed by atoms with van der Waals surface area (Å²) in [5.74, 6) is -1.23. The van der Waals surface area contributed by atoms with Gasteiger partial charge in [0, 0.05) is 19.3 Å². The van der Waals surface area contributed by atoms with Gasteiger partial charge in [-0.1, -0.05) is 78.9 Å². The summed E-state index contributed by atoms with van der Waals surface area (Å²) in [7, 11) is 0. The van der Waals surface area contributed by atoms with Gasteiger partial charge in [-0.3, -0.25) is 14.4 Å². The van der Waals surface area contributed by atoms with Crippen LogP contribution in [0.4, 0.5) is 0 Å². The first-order chi connectivity index (χ1) is 16.9. The van der Waals surface area contributed by atoms with Crippen molar-refractivity contribution >= 4 is 39.3 Å². The van der Waals surface area contributed by atoms with Crippen molar-refractivity contribution in [2.24, 2.45) is 5.73 Å². The molecule has 178 valence electrons. The number of carbonyl (C=O) groups excluding carboxylic acids is 3. The molecular formula is C29H29N3O3. The number of amides is 3. The Labute approximate surface area is 204 Å². The molecule has 6 heteroatoms. The largest absolute Gasteiger partial charge is 0.368 e. The molecule has 0 unspecified atom stereocenters. The third-order valence-corrected chi connectivity index (χ3v) is 6.23. The molecule has 4 N–H and O–H groups in total. The highest BCUT2D eigenvalue weighted by Gasteiger charge is 2.22. The summed E-state index contributed by atoms with van der Waals surface area (Å²) >= 11 is 0. The van der Waals surface area contributed by atoms with Crippen LogP contribution in [0.2, 0.25) is 0 Å². The molecule has 0 aliphatic heterocycles. The maximum absolute atomic E-state index is 12.6. The maximum atomic E-state index is 12.6. The molecule has 4 rings (SSSR count). The molecule has 0 saturated heterocycles. The minimum absolute atomic E-state index is 0.0195. The van der Waals surface area contributed by atoms with E-state index in [2.05, 4.69) is 16.7 Å². The monoisotopic (exact) mass is 467 g/mol. The van der Waals surface area contributed by atoms with E-state index in [9.17, 15) is 14.4 Å². The van der Waals surface area contributed by atoms with Crippen molar-refractivity contribution in [3.05, 3.63) is 96.1 Å². The third kappa shape index (κ3) is 5.84. The summed E-state index contributed by atoms with van der Waals surface area (Å²) in [6.07, 6.45) is 0.249. The Bertz CT molecular complexity index is 1310. The molecule has 35 heavy (non-hydrogen) atoms. The van der Waals surface area contributed by atoms with Crippen LogP contribution in [0.15, 0.2) is 84.9 Å². The highest BCUT2D eigenvalue weighted by atomic mass is 16.2. The number of carbonyl (C=O) groups is 3. The number of benzene rings is 4. The lowest BCUT2D eigenvalue weighted by Crippen LogP contribution is -2.46. The Morgan fingerprint density at radius 1 is 0.743 bits per heavy atom. The molecule has 0 spiro atoms. The zero-order valence-corrected chi connectivity index (χ0v) is 19.7. The van der Waals surface area contributed by atoms with E-state index < -0.39 is 11.9 Å². The maximum Gasteiger partial charge on any atom is 0.240 e. The molecule has 0 saturated carbocycles. The molecule has 3 amide bonds. The zero-order chi connectivity index (χ0) is 24.8. The lowest BCUT2D eigenvalue weighted by atomic mass is 9.92. The second-order valence-corrected chi connectivity index (χ2v) is 8.72. The van der Waals surface area contributed by atoms with Crippen LogP contribution in [0.1, 0.15) is 36.9 Å². The summed E-state index contributed by atoms with van der Waals surface area (Å²) in [5.41, 5.74) is 7.62. The fourth-order valence-electron chi connectivity index (χ4n) is 4.39. The average molecular weight is 468 g/mol. The predicted molar refractivity (Wildman–Crippen MR) is 139 cm³/mol. The fourth-order valence-corrected chi connectivity index (χ4v) is 4.39. The van der Waals surface area contributed by atoms with E-state index in [1.54, 1.807) is 0 Å². The summed E-state index contributed by atoms with van der Waals surface area (Å²) in [6.45, 7) is 1.89. The number of fused-ring (bicyclic) bond motifs is 2. The molecule has 0 aliphatic rings. The van der Waals surface area contributed by atoms with Gasteiger partial charge in [0.25, 0.3) is 0 Å². The van der Waals surface area contributed by atoms with Crippen LogP contribution in [0, 0.1) is 0 Å². The van der Waals surface area contributed by atoms with E-state index in [0.717, 1.165) is 32.7 Å². The quantitative estimate of drug-likeness (QED) is 0.322. The number of nitrogens with two attached hydrogens (primary N) is 1. The highest BCUT2D eigenvalue weighted by molar-refractivity contribution is 6.03. The number of hydrogen-bond donors (Lipinski definition) is 3. The summed E-state index contributed by atoms with van der Waals surface area (Å²) in [6, 6.07) is 26.6. The van der Waals surface area contributed by atoms with Gasteiger partial charge in [0.05, 0.1) is 6.04 Å². The van der Waals surface area contributed by atoms with Crippen molar-refractivity contribution in [3.63, 3.8) is 0 Å². The smallest absolute Gasteiger partial charge is 0.240 e. The SMILES string of the molecule is C[C@@H](NC(=O)CCC(=O)N[C@H](Cc1c2ccccc2cc2ccccc12)C(N)=O)c1ccccc1. The van der Waals surface area contributed by atoms with Crippen LogP contribution >= 0.6 is 0 Å². The number of hydrogen-bond acceptors (Lipinski definition) is 3. The van der Waals surface area contributed by atoms with Crippen LogP contribution < -0.4 is 16.4 Å². The Morgan fingerprint density at radius 2 is 1.26 bits per heavy atom. The molecule has 6 nitrogen and oxygen atoms in total. The van der Waals surface area contributed by atoms with E-state index in [-0.39, 0.29) is 37.1 Å². The van der Waals surface area contributed by atoms with E-state index in [1.807, 2.05) is 85.8 Å². The summed E-state index contributed by atoms with van der Waals surface area (Å²) in [4.78, 5) is 37.3. The predicted octanol–water partition coefficient (Wildman–Crippen LogP) is 4.16. The molecule has 4 aromatic rings. The van der Waals surface area contributed by atoms with E-state index in [4.69, 9.17) is 5.73 Å². The standard InChI is InChI=1S/C29H29N3O3/c1-19(20-9-3-2-4-10-20)31-27(33)15-16-28(34)32-26(29(30)35)18-25-23-13-7-5-11-21(23)17-22-12-6-8-14-24(22)25/h2-14,17,19,26H,15-16,18H2,1H3,(H2,30,35)(H,31,33)(H,32,34)/t19-,26-/m1/s1. The van der Waals surface area contributed by atoms with Gasteiger partial charge < -0.3 is 16.4 Å².